The van der Waals surface area contributed by atoms with E-state index in [1.165, 1.54) is 6.07 Å². The van der Waals surface area contributed by atoms with Gasteiger partial charge in [0.15, 0.2) is 0 Å². The van der Waals surface area contributed by atoms with Crippen LogP contribution in [0.3, 0.4) is 0 Å². The molecule has 0 aromatic heterocycles. The number of nitrogens with one attached hydrogen (secondary N) is 2. The van der Waals surface area contributed by atoms with Crippen molar-refractivity contribution in [2.75, 3.05) is 32.8 Å². The summed E-state index contributed by atoms with van der Waals surface area (Å²) in [4.78, 5) is 26.4. The molecular weight excluding hydrogens is 389 g/mol. The predicted molar refractivity (Wildman–Crippen MR) is 105 cm³/mol. The Balaban J connectivity index is 1.44. The third-order valence-corrected chi connectivity index (χ3v) is 5.95. The van der Waals surface area contributed by atoms with Crippen molar-refractivity contribution >= 4 is 35.0 Å². The van der Waals surface area contributed by atoms with Gasteiger partial charge in [-0.2, -0.15) is 0 Å². The molecule has 0 spiro atoms. The number of benzene rings is 1. The summed E-state index contributed by atoms with van der Waals surface area (Å²) in [6.07, 6.45) is 1.93. The number of rotatable bonds is 5. The van der Waals surface area contributed by atoms with Crippen LogP contribution >= 0.6 is 23.2 Å². The van der Waals surface area contributed by atoms with Gasteiger partial charge in [-0.25, -0.2) is 0 Å². The first-order chi connectivity index (χ1) is 12.9. The minimum absolute atomic E-state index is 0.0283. The molecule has 2 aliphatic rings. The van der Waals surface area contributed by atoms with E-state index in [9.17, 15) is 9.59 Å². The van der Waals surface area contributed by atoms with Crippen LogP contribution in [-0.2, 0) is 9.53 Å². The van der Waals surface area contributed by atoms with Gasteiger partial charge in [-0.1, -0.05) is 30.1 Å². The molecule has 2 fully saturated rings. The Kier molecular flexibility index (Phi) is 6.98. The van der Waals surface area contributed by atoms with Crippen LogP contribution in [0.2, 0.25) is 10.0 Å². The van der Waals surface area contributed by atoms with Crippen LogP contribution in [0.25, 0.3) is 0 Å². The Morgan fingerprint density at radius 3 is 2.81 bits per heavy atom. The summed E-state index contributed by atoms with van der Waals surface area (Å²) in [6.45, 7) is 5.11. The molecule has 0 radical (unpaired) electrons. The van der Waals surface area contributed by atoms with Crippen LogP contribution in [0.15, 0.2) is 18.2 Å². The second kappa shape index (κ2) is 9.24. The van der Waals surface area contributed by atoms with Gasteiger partial charge in [0.2, 0.25) is 5.91 Å². The van der Waals surface area contributed by atoms with Crippen molar-refractivity contribution < 1.29 is 14.3 Å². The van der Waals surface area contributed by atoms with Crippen molar-refractivity contribution in [3.8, 4) is 0 Å². The van der Waals surface area contributed by atoms with E-state index >= 15 is 0 Å². The van der Waals surface area contributed by atoms with Gasteiger partial charge >= 0.3 is 0 Å². The van der Waals surface area contributed by atoms with Crippen molar-refractivity contribution in [3.63, 3.8) is 0 Å². The van der Waals surface area contributed by atoms with E-state index < -0.39 is 0 Å². The largest absolute Gasteiger partial charge is 0.381 e. The Bertz CT molecular complexity index is 701. The molecule has 0 bridgehead atoms. The lowest BCUT2D eigenvalue weighted by Gasteiger charge is -2.32. The third kappa shape index (κ3) is 5.35. The maximum absolute atomic E-state index is 12.4. The number of amides is 2. The molecular formula is C19H25Cl2N3O3. The minimum atomic E-state index is -0.341. The van der Waals surface area contributed by atoms with E-state index in [1.54, 1.807) is 17.0 Å². The summed E-state index contributed by atoms with van der Waals surface area (Å²) in [5, 5.41) is 7.02. The normalized spacial score (nSPS) is 25.4. The van der Waals surface area contributed by atoms with E-state index in [0.717, 1.165) is 26.1 Å². The van der Waals surface area contributed by atoms with Gasteiger partial charge in [-0.3, -0.25) is 9.59 Å². The molecule has 148 valence electrons. The highest BCUT2D eigenvalue weighted by molar-refractivity contribution is 6.42. The molecule has 27 heavy (non-hydrogen) atoms. The van der Waals surface area contributed by atoms with Gasteiger partial charge < -0.3 is 20.3 Å². The van der Waals surface area contributed by atoms with Gasteiger partial charge in [0.1, 0.15) is 0 Å². The molecule has 2 N–H and O–H groups in total. The van der Waals surface area contributed by atoms with Crippen LogP contribution in [0.4, 0.5) is 0 Å². The van der Waals surface area contributed by atoms with Gasteiger partial charge in [-0.15, -0.1) is 0 Å². The molecule has 3 unspecified atom stereocenters. The molecule has 2 heterocycles. The maximum Gasteiger partial charge on any atom is 0.251 e. The quantitative estimate of drug-likeness (QED) is 0.776. The molecule has 0 saturated carbocycles. The number of carbonyl (C=O) groups excluding carboxylic acids is 2. The monoisotopic (exact) mass is 413 g/mol. The molecule has 3 rings (SSSR count). The number of hydrogen-bond donors (Lipinski definition) is 2. The molecule has 8 heteroatoms. The summed E-state index contributed by atoms with van der Waals surface area (Å²) in [5.74, 6) is 0.0635. The Hall–Kier alpha value is -1.34. The van der Waals surface area contributed by atoms with E-state index in [-0.39, 0.29) is 18.4 Å². The van der Waals surface area contributed by atoms with Crippen LogP contribution < -0.4 is 10.6 Å². The third-order valence-electron chi connectivity index (χ3n) is 5.21. The average molecular weight is 414 g/mol. The van der Waals surface area contributed by atoms with Gasteiger partial charge in [0, 0.05) is 37.3 Å². The van der Waals surface area contributed by atoms with Crippen LogP contribution in [0.5, 0.6) is 0 Å². The highest BCUT2D eigenvalue weighted by atomic mass is 35.5. The van der Waals surface area contributed by atoms with Crippen LogP contribution in [0, 0.1) is 5.92 Å². The minimum Gasteiger partial charge on any atom is -0.381 e. The Morgan fingerprint density at radius 1 is 1.26 bits per heavy atom. The summed E-state index contributed by atoms with van der Waals surface area (Å²) in [6, 6.07) is 5.38. The highest BCUT2D eigenvalue weighted by Crippen LogP contribution is 2.22. The van der Waals surface area contributed by atoms with Gasteiger partial charge in [-0.05, 0) is 37.0 Å². The number of likely N-dealkylation sites (tertiary alicyclic amines) is 1. The van der Waals surface area contributed by atoms with Gasteiger partial charge in [0.05, 0.1) is 23.2 Å². The molecule has 1 aromatic rings. The summed E-state index contributed by atoms with van der Waals surface area (Å²) in [7, 11) is 0. The Labute approximate surface area is 169 Å². The first-order valence-electron chi connectivity index (χ1n) is 9.29. The predicted octanol–water partition coefficient (Wildman–Crippen LogP) is 2.34. The van der Waals surface area contributed by atoms with Crippen LogP contribution in [-0.4, -0.2) is 61.6 Å². The molecule has 2 aliphatic heterocycles. The fourth-order valence-corrected chi connectivity index (χ4v) is 3.86. The van der Waals surface area contributed by atoms with Crippen molar-refractivity contribution in [2.24, 2.45) is 5.92 Å². The van der Waals surface area contributed by atoms with E-state index in [4.69, 9.17) is 27.9 Å². The van der Waals surface area contributed by atoms with E-state index in [2.05, 4.69) is 17.6 Å². The van der Waals surface area contributed by atoms with E-state index in [0.29, 0.717) is 46.7 Å². The maximum atomic E-state index is 12.4. The zero-order chi connectivity index (χ0) is 19.4. The second-order valence-electron chi connectivity index (χ2n) is 7.25. The summed E-state index contributed by atoms with van der Waals surface area (Å²) in [5.41, 5.74) is 0.381. The Morgan fingerprint density at radius 2 is 2.07 bits per heavy atom. The number of halogens is 2. The topological polar surface area (TPSA) is 70.7 Å². The average Bonchev–Trinajstić information content (AvgIpc) is 3.12. The fraction of sp³-hybridized carbons (Fsp3) is 0.579. The lowest BCUT2D eigenvalue weighted by atomic mass is 9.97. The molecule has 0 aliphatic carbocycles. The lowest BCUT2D eigenvalue weighted by Crippen LogP contribution is -2.48. The first-order valence-corrected chi connectivity index (χ1v) is 10.0. The van der Waals surface area contributed by atoms with Gasteiger partial charge in [0.25, 0.3) is 5.91 Å². The summed E-state index contributed by atoms with van der Waals surface area (Å²) >= 11 is 11.8. The number of hydrogen-bond acceptors (Lipinski definition) is 4. The van der Waals surface area contributed by atoms with Crippen molar-refractivity contribution in [1.29, 1.82) is 0 Å². The molecule has 2 amide bonds. The zero-order valence-corrected chi connectivity index (χ0v) is 16.9. The smallest absolute Gasteiger partial charge is 0.251 e. The van der Waals surface area contributed by atoms with E-state index in [1.807, 2.05) is 0 Å². The van der Waals surface area contributed by atoms with Crippen molar-refractivity contribution in [3.05, 3.63) is 33.8 Å². The lowest BCUT2D eigenvalue weighted by molar-refractivity contribution is -0.129. The molecule has 2 saturated heterocycles. The van der Waals surface area contributed by atoms with Crippen molar-refractivity contribution in [2.45, 2.75) is 31.8 Å². The molecule has 6 nitrogen and oxygen atoms in total. The number of carbonyl (C=O) groups is 2. The zero-order valence-electron chi connectivity index (χ0n) is 15.3. The molecule has 1 aromatic carbocycles. The van der Waals surface area contributed by atoms with Crippen LogP contribution in [0.1, 0.15) is 30.1 Å². The van der Waals surface area contributed by atoms with Crippen molar-refractivity contribution in [1.82, 2.24) is 15.5 Å². The summed E-state index contributed by atoms with van der Waals surface area (Å²) < 4.78 is 5.48. The fourth-order valence-electron chi connectivity index (χ4n) is 3.56. The standard InChI is InChI=1S/C19H25Cl2N3O3/c1-12-11-27-7-5-17(12)23-14-4-6-24(10-14)18(25)9-22-19(26)13-2-3-15(20)16(21)8-13/h2-3,8,12,14,17,23H,4-7,9-11H2,1H3,(H,22,26). The SMILES string of the molecule is CC1COCCC1NC1CCN(C(=O)CNC(=O)c2ccc(Cl)c(Cl)c2)C1. The number of ether oxygens (including phenoxy) is 1. The highest BCUT2D eigenvalue weighted by Gasteiger charge is 2.30. The first kappa shape index (κ1) is 20.4. The second-order valence-corrected chi connectivity index (χ2v) is 8.07. The number of nitrogens with zero attached hydrogens (tertiary/aromatic N) is 1. The molecule has 3 atom stereocenters.